The second-order valence-electron chi connectivity index (χ2n) is 11.1. The van der Waals surface area contributed by atoms with E-state index >= 15 is 0 Å². The van der Waals surface area contributed by atoms with E-state index in [0.29, 0.717) is 12.1 Å². The van der Waals surface area contributed by atoms with Gasteiger partial charge in [-0.05, 0) is 54.2 Å². The SMILES string of the molecule is CC(C)[C@@H]1CC(=O)N(c2ccc(F)cc2)[C@H]1/C=C/C(O)C[C@H](CC(=O)O)O[Si](C)(C)C(C)(C)C. The molecule has 2 rings (SSSR count). The molecule has 0 radical (unpaired) electrons. The highest BCUT2D eigenvalue weighted by Crippen LogP contribution is 2.39. The molecule has 4 atom stereocenters. The Hall–Kier alpha value is -2.03. The number of carbonyl (C=O) groups is 2. The summed E-state index contributed by atoms with van der Waals surface area (Å²) in [5, 5.41) is 20.1. The number of carboxylic acids is 1. The predicted molar refractivity (Wildman–Crippen MR) is 135 cm³/mol. The van der Waals surface area contributed by atoms with Gasteiger partial charge in [-0.1, -0.05) is 46.8 Å². The van der Waals surface area contributed by atoms with E-state index in [2.05, 4.69) is 47.7 Å². The van der Waals surface area contributed by atoms with Crippen molar-refractivity contribution in [2.45, 2.75) is 90.3 Å². The van der Waals surface area contributed by atoms with E-state index in [1.165, 1.54) is 12.1 Å². The lowest BCUT2D eigenvalue weighted by molar-refractivity contribution is -0.139. The van der Waals surface area contributed by atoms with Crippen LogP contribution in [0.25, 0.3) is 0 Å². The molecule has 1 heterocycles. The van der Waals surface area contributed by atoms with Crippen LogP contribution in [0, 0.1) is 17.7 Å². The third-order valence-corrected chi connectivity index (χ3v) is 11.6. The second kappa shape index (κ2) is 11.1. The third kappa shape index (κ3) is 7.23. The summed E-state index contributed by atoms with van der Waals surface area (Å²) < 4.78 is 19.7. The summed E-state index contributed by atoms with van der Waals surface area (Å²) in [5.41, 5.74) is 0.615. The predicted octanol–water partition coefficient (Wildman–Crippen LogP) is 5.38. The lowest BCUT2D eigenvalue weighted by atomic mass is 9.88. The summed E-state index contributed by atoms with van der Waals surface area (Å²) >= 11 is 0. The van der Waals surface area contributed by atoms with Crippen LogP contribution in [0.15, 0.2) is 36.4 Å². The number of aliphatic hydroxyl groups is 1. The average molecular weight is 494 g/mol. The van der Waals surface area contributed by atoms with Crippen molar-refractivity contribution in [2.75, 3.05) is 4.90 Å². The number of halogens is 1. The normalized spacial score (nSPS) is 21.5. The van der Waals surface area contributed by atoms with Gasteiger partial charge in [0.05, 0.1) is 24.7 Å². The minimum Gasteiger partial charge on any atom is -0.481 e. The van der Waals surface area contributed by atoms with Crippen molar-refractivity contribution in [1.82, 2.24) is 0 Å². The lowest BCUT2D eigenvalue weighted by Gasteiger charge is -2.39. The van der Waals surface area contributed by atoms with E-state index in [4.69, 9.17) is 4.43 Å². The van der Waals surface area contributed by atoms with Gasteiger partial charge < -0.3 is 19.5 Å². The minimum atomic E-state index is -2.23. The number of amides is 1. The summed E-state index contributed by atoms with van der Waals surface area (Å²) in [6.45, 7) is 14.5. The molecule has 190 valence electrons. The topological polar surface area (TPSA) is 87.1 Å². The van der Waals surface area contributed by atoms with Crippen molar-refractivity contribution in [3.63, 3.8) is 0 Å². The number of hydrogen-bond acceptors (Lipinski definition) is 4. The zero-order chi connectivity index (χ0) is 25.8. The molecule has 1 amide bonds. The third-order valence-electron chi connectivity index (χ3n) is 7.08. The fourth-order valence-corrected chi connectivity index (χ4v) is 5.47. The van der Waals surface area contributed by atoms with Gasteiger partial charge in [0.15, 0.2) is 8.32 Å². The van der Waals surface area contributed by atoms with Gasteiger partial charge in [-0.15, -0.1) is 0 Å². The van der Waals surface area contributed by atoms with Crippen molar-refractivity contribution in [3.8, 4) is 0 Å². The summed E-state index contributed by atoms with van der Waals surface area (Å²) in [6, 6.07) is 5.55. The molecular formula is C26H40FNO5Si. The first-order valence-electron chi connectivity index (χ1n) is 12.0. The monoisotopic (exact) mass is 493 g/mol. The second-order valence-corrected chi connectivity index (χ2v) is 15.9. The molecule has 0 aliphatic carbocycles. The van der Waals surface area contributed by atoms with Crippen molar-refractivity contribution in [2.24, 2.45) is 11.8 Å². The summed E-state index contributed by atoms with van der Waals surface area (Å²) in [4.78, 5) is 25.9. The summed E-state index contributed by atoms with van der Waals surface area (Å²) in [5.74, 6) is -1.12. The maximum absolute atomic E-state index is 13.4. The molecule has 0 bridgehead atoms. The molecule has 1 saturated heterocycles. The lowest BCUT2D eigenvalue weighted by Crippen LogP contribution is -2.45. The highest BCUT2D eigenvalue weighted by Gasteiger charge is 2.41. The van der Waals surface area contributed by atoms with Crippen molar-refractivity contribution in [3.05, 3.63) is 42.2 Å². The first kappa shape index (κ1) is 28.2. The van der Waals surface area contributed by atoms with Gasteiger partial charge in [0.1, 0.15) is 5.82 Å². The number of carbonyl (C=O) groups excluding carboxylic acids is 1. The van der Waals surface area contributed by atoms with Crippen LogP contribution in [-0.4, -0.2) is 48.7 Å². The Morgan fingerprint density at radius 1 is 1.26 bits per heavy atom. The van der Waals surface area contributed by atoms with E-state index in [1.54, 1.807) is 23.1 Å². The van der Waals surface area contributed by atoms with E-state index < -0.39 is 26.5 Å². The molecule has 6 nitrogen and oxygen atoms in total. The van der Waals surface area contributed by atoms with E-state index in [0.717, 1.165) is 0 Å². The van der Waals surface area contributed by atoms with E-state index in [-0.39, 0.29) is 47.5 Å². The molecule has 1 fully saturated rings. The van der Waals surface area contributed by atoms with Gasteiger partial charge in [-0.25, -0.2) is 4.39 Å². The van der Waals surface area contributed by atoms with Crippen LogP contribution in [0.1, 0.15) is 53.9 Å². The molecular weight excluding hydrogens is 453 g/mol. The number of hydrogen-bond donors (Lipinski definition) is 2. The highest BCUT2D eigenvalue weighted by molar-refractivity contribution is 6.74. The Kier molecular flexibility index (Phi) is 9.24. The van der Waals surface area contributed by atoms with Crippen LogP contribution < -0.4 is 4.90 Å². The summed E-state index contributed by atoms with van der Waals surface area (Å²) in [7, 11) is -2.23. The first-order chi connectivity index (χ1) is 15.6. The Bertz CT molecular complexity index is 878. The molecule has 2 N–H and O–H groups in total. The van der Waals surface area contributed by atoms with Gasteiger partial charge in [-0.3, -0.25) is 9.59 Å². The maximum Gasteiger partial charge on any atom is 0.305 e. The molecule has 34 heavy (non-hydrogen) atoms. The van der Waals surface area contributed by atoms with Gasteiger partial charge in [0.2, 0.25) is 5.91 Å². The number of nitrogens with zero attached hydrogens (tertiary/aromatic N) is 1. The maximum atomic E-state index is 13.4. The van der Waals surface area contributed by atoms with Gasteiger partial charge in [-0.2, -0.15) is 0 Å². The number of anilines is 1. The largest absolute Gasteiger partial charge is 0.481 e. The van der Waals surface area contributed by atoms with Crippen LogP contribution in [0.3, 0.4) is 0 Å². The molecule has 1 aliphatic rings. The van der Waals surface area contributed by atoms with Gasteiger partial charge in [0, 0.05) is 18.5 Å². The van der Waals surface area contributed by atoms with Gasteiger partial charge >= 0.3 is 5.97 Å². The fourth-order valence-electron chi connectivity index (χ4n) is 4.11. The Morgan fingerprint density at radius 3 is 2.35 bits per heavy atom. The fraction of sp³-hybridized carbons (Fsp3) is 0.615. The molecule has 0 spiro atoms. The number of aliphatic hydroxyl groups excluding tert-OH is 1. The Balaban J connectivity index is 2.23. The van der Waals surface area contributed by atoms with Crippen LogP contribution in [0.4, 0.5) is 10.1 Å². The number of rotatable bonds is 10. The number of benzene rings is 1. The van der Waals surface area contributed by atoms with Crippen LogP contribution in [0.5, 0.6) is 0 Å². The molecule has 1 unspecified atom stereocenters. The summed E-state index contributed by atoms with van der Waals surface area (Å²) in [6.07, 6.45) is 2.27. The molecule has 1 aromatic carbocycles. The molecule has 1 aliphatic heterocycles. The first-order valence-corrected chi connectivity index (χ1v) is 14.9. The molecule has 1 aromatic rings. The smallest absolute Gasteiger partial charge is 0.305 e. The van der Waals surface area contributed by atoms with Crippen LogP contribution in [-0.2, 0) is 14.0 Å². The van der Waals surface area contributed by atoms with E-state index in [9.17, 15) is 24.2 Å². The average Bonchev–Trinajstić information content (AvgIpc) is 3.02. The molecule has 8 heteroatoms. The Morgan fingerprint density at radius 2 is 1.85 bits per heavy atom. The van der Waals surface area contributed by atoms with Crippen LogP contribution in [0.2, 0.25) is 18.1 Å². The zero-order valence-electron chi connectivity index (χ0n) is 21.4. The quantitative estimate of drug-likeness (QED) is 0.338. The van der Waals surface area contributed by atoms with Crippen molar-refractivity contribution < 1.29 is 28.6 Å². The standard InChI is InChI=1S/C26H40FNO5Si/c1-17(2)22-16-24(30)28(19-10-8-18(27)9-11-19)23(22)13-12-20(29)14-21(15-25(31)32)33-34(6,7)26(3,4)5/h8-13,17,20-23,29H,14-16H2,1-7H3,(H,31,32)/b13-12+/t20?,21-,22+,23+/m1/s1. The van der Waals surface area contributed by atoms with E-state index in [1.807, 2.05) is 6.08 Å². The van der Waals surface area contributed by atoms with Crippen molar-refractivity contribution >= 4 is 25.9 Å². The minimum absolute atomic E-state index is 0.0410. The zero-order valence-corrected chi connectivity index (χ0v) is 22.4. The highest BCUT2D eigenvalue weighted by atomic mass is 28.4. The number of carboxylic acid groups (broad SMARTS) is 1. The van der Waals surface area contributed by atoms with Gasteiger partial charge in [0.25, 0.3) is 0 Å². The van der Waals surface area contributed by atoms with Crippen molar-refractivity contribution in [1.29, 1.82) is 0 Å². The molecule has 0 saturated carbocycles. The Labute approximate surface area is 203 Å². The van der Waals surface area contributed by atoms with Crippen LogP contribution >= 0.6 is 0 Å². The molecule has 0 aromatic heterocycles. The number of aliphatic carboxylic acids is 1.